The Labute approximate surface area is 119 Å². The summed E-state index contributed by atoms with van der Waals surface area (Å²) in [7, 11) is 0. The highest BCUT2D eigenvalue weighted by atomic mass is 19.1. The minimum atomic E-state index is -0.937. The van der Waals surface area contributed by atoms with Crippen LogP contribution in [0.4, 0.5) is 17.6 Å². The fourth-order valence-electron chi connectivity index (χ4n) is 1.79. The second-order valence-electron chi connectivity index (χ2n) is 4.38. The molecule has 0 aliphatic carbocycles. The molecular formula is C15H13F4NO. The van der Waals surface area contributed by atoms with Crippen LogP contribution in [-0.2, 0) is 6.54 Å². The molecule has 0 fully saturated rings. The van der Waals surface area contributed by atoms with Crippen molar-refractivity contribution in [2.75, 3.05) is 6.54 Å². The van der Waals surface area contributed by atoms with Gasteiger partial charge in [0.15, 0.2) is 17.4 Å². The Morgan fingerprint density at radius 3 is 2.00 bits per heavy atom. The molecule has 2 aromatic rings. The van der Waals surface area contributed by atoms with E-state index in [1.54, 1.807) is 0 Å². The number of nitrogens with one attached hydrogen (secondary N) is 1. The van der Waals surface area contributed by atoms with Crippen molar-refractivity contribution in [2.24, 2.45) is 0 Å². The molecule has 2 aromatic carbocycles. The Morgan fingerprint density at radius 2 is 1.48 bits per heavy atom. The van der Waals surface area contributed by atoms with Crippen LogP contribution >= 0.6 is 0 Å². The molecule has 0 spiro atoms. The summed E-state index contributed by atoms with van der Waals surface area (Å²) < 4.78 is 58.6. The average molecular weight is 299 g/mol. The Morgan fingerprint density at radius 1 is 0.905 bits per heavy atom. The van der Waals surface area contributed by atoms with Crippen LogP contribution in [0.3, 0.4) is 0 Å². The topological polar surface area (TPSA) is 21.3 Å². The van der Waals surface area contributed by atoms with Gasteiger partial charge in [-0.25, -0.2) is 17.6 Å². The van der Waals surface area contributed by atoms with Crippen LogP contribution in [0.25, 0.3) is 0 Å². The van der Waals surface area contributed by atoms with Gasteiger partial charge in [-0.3, -0.25) is 0 Å². The van der Waals surface area contributed by atoms with Crippen LogP contribution in [0.1, 0.15) is 12.5 Å². The fraction of sp³-hybridized carbons (Fsp3) is 0.200. The van der Waals surface area contributed by atoms with E-state index in [2.05, 4.69) is 5.32 Å². The molecular weight excluding hydrogens is 286 g/mol. The van der Waals surface area contributed by atoms with Gasteiger partial charge in [0.25, 0.3) is 0 Å². The summed E-state index contributed by atoms with van der Waals surface area (Å²) in [5, 5.41) is 2.93. The molecule has 21 heavy (non-hydrogen) atoms. The van der Waals surface area contributed by atoms with Crippen molar-refractivity contribution in [3.63, 3.8) is 0 Å². The first-order valence-electron chi connectivity index (χ1n) is 6.32. The quantitative estimate of drug-likeness (QED) is 0.838. The first-order valence-corrected chi connectivity index (χ1v) is 6.32. The molecule has 0 bridgehead atoms. The van der Waals surface area contributed by atoms with Gasteiger partial charge in [0.05, 0.1) is 0 Å². The smallest absolute Gasteiger partial charge is 0.198 e. The van der Waals surface area contributed by atoms with Gasteiger partial charge in [0, 0.05) is 24.7 Å². The lowest BCUT2D eigenvalue weighted by molar-refractivity contribution is 0.401. The average Bonchev–Trinajstić information content (AvgIpc) is 2.39. The van der Waals surface area contributed by atoms with E-state index >= 15 is 0 Å². The Kier molecular flexibility index (Phi) is 4.80. The molecule has 0 radical (unpaired) electrons. The Bertz CT molecular complexity index is 602. The van der Waals surface area contributed by atoms with E-state index in [0.29, 0.717) is 24.7 Å². The molecule has 0 heterocycles. The summed E-state index contributed by atoms with van der Waals surface area (Å²) in [4.78, 5) is 0. The molecule has 0 aliphatic rings. The summed E-state index contributed by atoms with van der Waals surface area (Å²) >= 11 is 0. The molecule has 0 aliphatic heterocycles. The van der Waals surface area contributed by atoms with Gasteiger partial charge in [-0.2, -0.15) is 0 Å². The molecule has 6 heteroatoms. The summed E-state index contributed by atoms with van der Waals surface area (Å²) in [6, 6.07) is 4.54. The van der Waals surface area contributed by atoms with Gasteiger partial charge in [-0.05, 0) is 24.2 Å². The van der Waals surface area contributed by atoms with Crippen LogP contribution < -0.4 is 10.1 Å². The van der Waals surface area contributed by atoms with E-state index in [4.69, 9.17) is 4.74 Å². The third kappa shape index (κ3) is 3.95. The largest absolute Gasteiger partial charge is 0.451 e. The van der Waals surface area contributed by atoms with Crippen LogP contribution in [-0.4, -0.2) is 6.54 Å². The normalized spacial score (nSPS) is 10.7. The van der Waals surface area contributed by atoms with Crippen molar-refractivity contribution in [3.05, 3.63) is 59.2 Å². The number of halogens is 4. The zero-order valence-corrected chi connectivity index (χ0v) is 11.2. The van der Waals surface area contributed by atoms with Crippen molar-refractivity contribution >= 4 is 0 Å². The highest BCUT2D eigenvalue weighted by molar-refractivity contribution is 5.36. The maximum atomic E-state index is 13.8. The summed E-state index contributed by atoms with van der Waals surface area (Å²) in [5.74, 6) is -4.67. The minimum absolute atomic E-state index is 0.305. The van der Waals surface area contributed by atoms with E-state index in [-0.39, 0.29) is 5.75 Å². The van der Waals surface area contributed by atoms with Gasteiger partial charge in [0.1, 0.15) is 17.4 Å². The lowest BCUT2D eigenvalue weighted by Crippen LogP contribution is -2.12. The Balaban J connectivity index is 2.27. The third-order valence-electron chi connectivity index (χ3n) is 2.69. The molecule has 2 rings (SSSR count). The summed E-state index contributed by atoms with van der Waals surface area (Å²) in [5.41, 5.74) is 0.407. The number of ether oxygens (including phenoxy) is 1. The maximum absolute atomic E-state index is 13.8. The van der Waals surface area contributed by atoms with Crippen LogP contribution in [0.5, 0.6) is 11.5 Å². The van der Waals surface area contributed by atoms with Crippen molar-refractivity contribution in [1.82, 2.24) is 5.32 Å². The first kappa shape index (κ1) is 15.3. The van der Waals surface area contributed by atoms with Gasteiger partial charge < -0.3 is 10.1 Å². The fourth-order valence-corrected chi connectivity index (χ4v) is 1.79. The predicted molar refractivity (Wildman–Crippen MR) is 70.2 cm³/mol. The van der Waals surface area contributed by atoms with Gasteiger partial charge >= 0.3 is 0 Å². The number of benzene rings is 2. The number of hydrogen-bond donors (Lipinski definition) is 1. The van der Waals surface area contributed by atoms with Crippen molar-refractivity contribution in [1.29, 1.82) is 0 Å². The first-order chi connectivity index (χ1) is 9.99. The number of rotatable bonds is 5. The maximum Gasteiger partial charge on any atom is 0.198 e. The molecule has 0 aromatic heterocycles. The lowest BCUT2D eigenvalue weighted by Gasteiger charge is -2.10. The molecule has 112 valence electrons. The highest BCUT2D eigenvalue weighted by Crippen LogP contribution is 2.29. The van der Waals surface area contributed by atoms with E-state index in [9.17, 15) is 17.6 Å². The number of hydrogen-bond acceptors (Lipinski definition) is 2. The molecule has 0 amide bonds. The summed E-state index contributed by atoms with van der Waals surface area (Å²) in [6.45, 7) is 2.83. The van der Waals surface area contributed by atoms with Crippen LogP contribution in [0, 0.1) is 23.3 Å². The van der Waals surface area contributed by atoms with Crippen LogP contribution in [0.2, 0.25) is 0 Å². The third-order valence-corrected chi connectivity index (χ3v) is 2.69. The van der Waals surface area contributed by atoms with Gasteiger partial charge in [-0.1, -0.05) is 6.92 Å². The van der Waals surface area contributed by atoms with Crippen molar-refractivity contribution in [2.45, 2.75) is 13.5 Å². The highest BCUT2D eigenvalue weighted by Gasteiger charge is 2.14. The monoisotopic (exact) mass is 299 g/mol. The molecule has 2 nitrogen and oxygen atoms in total. The molecule has 0 saturated heterocycles. The summed E-state index contributed by atoms with van der Waals surface area (Å²) in [6.07, 6.45) is 0. The predicted octanol–water partition coefficient (Wildman–Crippen LogP) is 4.14. The second-order valence-corrected chi connectivity index (χ2v) is 4.38. The molecule has 0 atom stereocenters. The van der Waals surface area contributed by atoms with Crippen molar-refractivity contribution < 1.29 is 22.3 Å². The zero-order chi connectivity index (χ0) is 15.4. The van der Waals surface area contributed by atoms with Crippen LogP contribution in [0.15, 0.2) is 30.3 Å². The van der Waals surface area contributed by atoms with E-state index in [0.717, 1.165) is 24.3 Å². The molecule has 0 unspecified atom stereocenters. The minimum Gasteiger partial charge on any atom is -0.451 e. The molecule has 1 N–H and O–H groups in total. The second kappa shape index (κ2) is 6.58. The van der Waals surface area contributed by atoms with E-state index in [1.807, 2.05) is 6.92 Å². The standard InChI is InChI=1S/C15H13F4NO/c1-2-20-8-9-3-13(18)15(14(19)4-9)21-12-6-10(16)5-11(17)7-12/h3-7,20H,2,8H2,1H3. The van der Waals surface area contributed by atoms with Gasteiger partial charge in [-0.15, -0.1) is 0 Å². The SMILES string of the molecule is CCNCc1cc(F)c(Oc2cc(F)cc(F)c2)c(F)c1. The van der Waals surface area contributed by atoms with E-state index < -0.39 is 29.0 Å². The van der Waals surface area contributed by atoms with Gasteiger partial charge in [0.2, 0.25) is 0 Å². The van der Waals surface area contributed by atoms with Crippen molar-refractivity contribution in [3.8, 4) is 11.5 Å². The van der Waals surface area contributed by atoms with E-state index in [1.165, 1.54) is 0 Å². The Hall–Kier alpha value is -2.08. The lowest BCUT2D eigenvalue weighted by atomic mass is 10.2. The molecule has 0 saturated carbocycles. The zero-order valence-electron chi connectivity index (χ0n) is 11.2.